The van der Waals surface area contributed by atoms with Crippen LogP contribution in [0.1, 0.15) is 11.1 Å². The highest BCUT2D eigenvalue weighted by molar-refractivity contribution is 6.84. The molecule has 0 unspecified atom stereocenters. The summed E-state index contributed by atoms with van der Waals surface area (Å²) in [6, 6.07) is 3.88. The van der Waals surface area contributed by atoms with Gasteiger partial charge in [-0.2, -0.15) is 0 Å². The van der Waals surface area contributed by atoms with Crippen LogP contribution in [0.5, 0.6) is 11.5 Å². The largest absolute Gasteiger partial charge is 0.487 e. The highest BCUT2D eigenvalue weighted by Crippen LogP contribution is 2.31. The Labute approximate surface area is 244 Å². The van der Waals surface area contributed by atoms with Crippen molar-refractivity contribution in [2.45, 2.75) is 39.3 Å². The molecule has 1 aromatic rings. The van der Waals surface area contributed by atoms with Crippen LogP contribution in [-0.4, -0.2) is 110 Å². The average molecular weight is 595 g/mol. The zero-order chi connectivity index (χ0) is 29.7. The van der Waals surface area contributed by atoms with Gasteiger partial charge in [-0.1, -0.05) is 51.1 Å². The molecule has 40 heavy (non-hydrogen) atoms. The smallest absolute Gasteiger partial charge is 0.162 e. The summed E-state index contributed by atoms with van der Waals surface area (Å²) in [6.07, 6.45) is 0. The van der Waals surface area contributed by atoms with E-state index in [0.717, 1.165) is 11.1 Å². The molecule has 0 heterocycles. The molecule has 226 valence electrons. The van der Waals surface area contributed by atoms with Crippen LogP contribution in [0.3, 0.4) is 0 Å². The minimum atomic E-state index is -1.60. The van der Waals surface area contributed by atoms with Crippen LogP contribution in [0.4, 0.5) is 0 Å². The molecule has 0 atom stereocenters. The molecule has 0 N–H and O–H groups in total. The van der Waals surface area contributed by atoms with Crippen molar-refractivity contribution in [3.8, 4) is 34.4 Å². The molecule has 0 fully saturated rings. The molecule has 0 aliphatic carbocycles. The van der Waals surface area contributed by atoms with E-state index in [4.69, 9.17) is 37.9 Å². The lowest BCUT2D eigenvalue weighted by Crippen LogP contribution is -2.17. The number of ether oxygens (including phenoxy) is 8. The quantitative estimate of drug-likeness (QED) is 0.126. The molecule has 0 radical (unpaired) electrons. The SMILES string of the molecule is COCCOCCOCCOc1cc(C#C[Si](C)(C)C)c(C#C[Si](C)(C)C)cc1OCCOCCOCCOC. The van der Waals surface area contributed by atoms with E-state index >= 15 is 0 Å². The molecule has 0 saturated heterocycles. The summed E-state index contributed by atoms with van der Waals surface area (Å²) < 4.78 is 44.3. The predicted octanol–water partition coefficient (Wildman–Crippen LogP) is 4.26. The van der Waals surface area contributed by atoms with Gasteiger partial charge >= 0.3 is 0 Å². The second-order valence-electron chi connectivity index (χ2n) is 11.0. The van der Waals surface area contributed by atoms with Gasteiger partial charge in [0.15, 0.2) is 11.5 Å². The fourth-order valence-corrected chi connectivity index (χ4v) is 3.87. The third kappa shape index (κ3) is 19.3. The summed E-state index contributed by atoms with van der Waals surface area (Å²) in [4.78, 5) is 0. The second kappa shape index (κ2) is 20.9. The first-order chi connectivity index (χ1) is 19.1. The fraction of sp³-hybridized carbons (Fsp3) is 0.667. The number of benzene rings is 1. The monoisotopic (exact) mass is 594 g/mol. The molecule has 0 amide bonds. The Morgan fingerprint density at radius 3 is 1.07 bits per heavy atom. The van der Waals surface area contributed by atoms with Crippen molar-refractivity contribution in [1.29, 1.82) is 0 Å². The maximum atomic E-state index is 6.11. The van der Waals surface area contributed by atoms with E-state index in [1.807, 2.05) is 12.1 Å². The topological polar surface area (TPSA) is 73.8 Å². The summed E-state index contributed by atoms with van der Waals surface area (Å²) >= 11 is 0. The van der Waals surface area contributed by atoms with Gasteiger partial charge in [-0.05, 0) is 0 Å². The van der Waals surface area contributed by atoms with E-state index in [2.05, 4.69) is 62.2 Å². The van der Waals surface area contributed by atoms with Crippen LogP contribution >= 0.6 is 0 Å². The second-order valence-corrected chi connectivity index (χ2v) is 20.5. The standard InChI is InChI=1S/C30H50O8Si2/c1-31-11-13-33-15-17-35-19-21-37-29-25-27(9-23-39(3,4)5)28(10-24-40(6,7)8)26-30(29)38-22-20-36-18-16-34-14-12-32-2/h25-26H,11-22H2,1-8H3. The number of hydrogen-bond donors (Lipinski definition) is 0. The predicted molar refractivity (Wildman–Crippen MR) is 165 cm³/mol. The summed E-state index contributed by atoms with van der Waals surface area (Å²) in [5, 5.41) is 0. The Bertz CT molecular complexity index is 872. The van der Waals surface area contributed by atoms with Crippen molar-refractivity contribution < 1.29 is 37.9 Å². The lowest BCUT2D eigenvalue weighted by Gasteiger charge is -2.15. The molecular weight excluding hydrogens is 544 g/mol. The lowest BCUT2D eigenvalue weighted by atomic mass is 10.1. The van der Waals surface area contributed by atoms with Gasteiger partial charge < -0.3 is 37.9 Å². The van der Waals surface area contributed by atoms with E-state index in [9.17, 15) is 0 Å². The van der Waals surface area contributed by atoms with Gasteiger partial charge in [0.05, 0.1) is 66.1 Å². The normalized spacial score (nSPS) is 11.4. The van der Waals surface area contributed by atoms with Crippen LogP contribution in [0.25, 0.3) is 0 Å². The molecule has 10 heteroatoms. The summed E-state index contributed by atoms with van der Waals surface area (Å²) in [5.41, 5.74) is 8.63. The molecule has 1 rings (SSSR count). The molecule has 1 aromatic carbocycles. The molecule has 8 nitrogen and oxygen atoms in total. The van der Waals surface area contributed by atoms with Gasteiger partial charge in [-0.25, -0.2) is 0 Å². The highest BCUT2D eigenvalue weighted by Gasteiger charge is 2.14. The summed E-state index contributed by atoms with van der Waals surface area (Å²) in [7, 11) is 0.104. The van der Waals surface area contributed by atoms with Crippen LogP contribution < -0.4 is 9.47 Å². The van der Waals surface area contributed by atoms with E-state index < -0.39 is 16.1 Å². The third-order valence-corrected chi connectivity index (χ3v) is 6.56. The van der Waals surface area contributed by atoms with Gasteiger partial charge in [0.2, 0.25) is 0 Å². The number of methoxy groups -OCH3 is 2. The Kier molecular flexibility index (Phi) is 18.9. The van der Waals surface area contributed by atoms with E-state index in [1.165, 1.54) is 0 Å². The van der Waals surface area contributed by atoms with E-state index in [1.54, 1.807) is 14.2 Å². The van der Waals surface area contributed by atoms with Crippen LogP contribution in [0.2, 0.25) is 39.3 Å². The van der Waals surface area contributed by atoms with Gasteiger partial charge in [0.25, 0.3) is 0 Å². The van der Waals surface area contributed by atoms with Crippen molar-refractivity contribution in [3.63, 3.8) is 0 Å². The molecule has 0 bridgehead atoms. The van der Waals surface area contributed by atoms with Crippen molar-refractivity contribution in [1.82, 2.24) is 0 Å². The third-order valence-electron chi connectivity index (χ3n) is 4.81. The molecule has 0 saturated carbocycles. The highest BCUT2D eigenvalue weighted by atomic mass is 28.3. The van der Waals surface area contributed by atoms with Crippen molar-refractivity contribution in [2.24, 2.45) is 0 Å². The molecule has 0 aliphatic heterocycles. The van der Waals surface area contributed by atoms with Crippen molar-refractivity contribution in [2.75, 3.05) is 93.5 Å². The number of rotatable bonds is 20. The zero-order valence-corrected chi connectivity index (χ0v) is 27.9. The van der Waals surface area contributed by atoms with E-state index in [0.29, 0.717) is 90.8 Å². The van der Waals surface area contributed by atoms with Crippen LogP contribution in [0, 0.1) is 22.9 Å². The molecule has 0 aliphatic rings. The van der Waals surface area contributed by atoms with Crippen molar-refractivity contribution >= 4 is 16.1 Å². The molecular formula is C30H50O8Si2. The van der Waals surface area contributed by atoms with Crippen LogP contribution in [0.15, 0.2) is 12.1 Å². The summed E-state index contributed by atoms with van der Waals surface area (Å²) in [6.45, 7) is 19.2. The fourth-order valence-electron chi connectivity index (χ4n) is 2.85. The first-order valence-corrected chi connectivity index (χ1v) is 20.8. The van der Waals surface area contributed by atoms with Crippen molar-refractivity contribution in [3.05, 3.63) is 23.3 Å². The van der Waals surface area contributed by atoms with Gasteiger partial charge in [-0.15, -0.1) is 11.1 Å². The maximum Gasteiger partial charge on any atom is 0.162 e. The Morgan fingerprint density at radius 1 is 0.475 bits per heavy atom. The minimum Gasteiger partial charge on any atom is -0.487 e. The Morgan fingerprint density at radius 2 is 0.775 bits per heavy atom. The molecule has 0 aromatic heterocycles. The van der Waals surface area contributed by atoms with Gasteiger partial charge in [-0.3, -0.25) is 0 Å². The summed E-state index contributed by atoms with van der Waals surface area (Å²) in [5.74, 6) is 7.99. The lowest BCUT2D eigenvalue weighted by molar-refractivity contribution is 0.0159. The Hall–Kier alpha value is -1.87. The minimum absolute atomic E-state index is 0.366. The first-order valence-electron chi connectivity index (χ1n) is 13.8. The zero-order valence-electron chi connectivity index (χ0n) is 25.9. The Balaban J connectivity index is 2.95. The first kappa shape index (κ1) is 36.2. The average Bonchev–Trinajstić information content (AvgIpc) is 2.88. The molecule has 0 spiro atoms. The van der Waals surface area contributed by atoms with Crippen LogP contribution in [-0.2, 0) is 28.4 Å². The van der Waals surface area contributed by atoms with E-state index in [-0.39, 0.29) is 0 Å². The number of hydrogen-bond acceptors (Lipinski definition) is 8. The van der Waals surface area contributed by atoms with Gasteiger partial charge in [0.1, 0.15) is 29.4 Å². The maximum absolute atomic E-state index is 6.11. The van der Waals surface area contributed by atoms with Gasteiger partial charge in [0, 0.05) is 37.5 Å².